The minimum Gasteiger partial charge on any atom is -0.371 e. The van der Waals surface area contributed by atoms with E-state index in [-0.39, 0.29) is 11.8 Å². The highest BCUT2D eigenvalue weighted by Crippen LogP contribution is 2.31. The number of rotatable bonds is 4. The molecule has 0 radical (unpaired) electrons. The Morgan fingerprint density at radius 1 is 0.906 bits per heavy atom. The van der Waals surface area contributed by atoms with Gasteiger partial charge in [-0.2, -0.15) is 0 Å². The highest BCUT2D eigenvalue weighted by atomic mass is 35.5. The van der Waals surface area contributed by atoms with Crippen molar-refractivity contribution in [2.24, 2.45) is 11.8 Å². The number of piperidine rings is 2. The quantitative estimate of drug-likeness (QED) is 0.645. The Morgan fingerprint density at radius 2 is 1.56 bits per heavy atom. The Kier molecular flexibility index (Phi) is 7.04. The fraction of sp³-hybridized carbons (Fsp3) is 0.462. The standard InChI is InChI=1S/C26H32ClN3O2/c1-18-8-12-29(13-9-18)24-7-6-22(28-25(31)20-4-3-5-21(27)16-20)17-23(24)26(32)30-14-10-19(2)11-15-30/h3-7,16-19H,8-15H2,1-2H3,(H,28,31). The second-order valence-corrected chi connectivity index (χ2v) is 9.78. The summed E-state index contributed by atoms with van der Waals surface area (Å²) in [6.07, 6.45) is 4.32. The minimum absolute atomic E-state index is 0.0596. The van der Waals surface area contributed by atoms with E-state index in [2.05, 4.69) is 24.1 Å². The van der Waals surface area contributed by atoms with Crippen LogP contribution >= 0.6 is 11.6 Å². The smallest absolute Gasteiger partial charge is 0.256 e. The van der Waals surface area contributed by atoms with E-state index in [4.69, 9.17) is 11.6 Å². The molecule has 5 nitrogen and oxygen atoms in total. The molecule has 2 fully saturated rings. The number of carbonyl (C=O) groups excluding carboxylic acids is 2. The lowest BCUT2D eigenvalue weighted by molar-refractivity contribution is 0.0697. The van der Waals surface area contributed by atoms with Crippen molar-refractivity contribution in [3.05, 3.63) is 58.6 Å². The maximum absolute atomic E-state index is 13.6. The summed E-state index contributed by atoms with van der Waals surface area (Å²) < 4.78 is 0. The zero-order valence-corrected chi connectivity index (χ0v) is 19.7. The number of nitrogens with one attached hydrogen (secondary N) is 1. The van der Waals surface area contributed by atoms with Crippen LogP contribution in [-0.4, -0.2) is 42.9 Å². The summed E-state index contributed by atoms with van der Waals surface area (Å²) in [5.74, 6) is 1.19. The number of likely N-dealkylation sites (tertiary alicyclic amines) is 1. The molecular formula is C26H32ClN3O2. The molecule has 0 aromatic heterocycles. The zero-order chi connectivity index (χ0) is 22.7. The molecule has 170 valence electrons. The average molecular weight is 454 g/mol. The highest BCUT2D eigenvalue weighted by molar-refractivity contribution is 6.31. The lowest BCUT2D eigenvalue weighted by Crippen LogP contribution is -2.40. The fourth-order valence-corrected chi connectivity index (χ4v) is 4.72. The number of benzene rings is 2. The van der Waals surface area contributed by atoms with Crippen LogP contribution in [0.4, 0.5) is 11.4 Å². The largest absolute Gasteiger partial charge is 0.371 e. The molecule has 0 atom stereocenters. The van der Waals surface area contributed by atoms with Crippen molar-refractivity contribution in [3.63, 3.8) is 0 Å². The summed E-state index contributed by atoms with van der Waals surface area (Å²) in [4.78, 5) is 30.6. The van der Waals surface area contributed by atoms with Crippen LogP contribution in [0.3, 0.4) is 0 Å². The van der Waals surface area contributed by atoms with Crippen molar-refractivity contribution in [1.82, 2.24) is 4.90 Å². The van der Waals surface area contributed by atoms with Crippen molar-refractivity contribution in [1.29, 1.82) is 0 Å². The Bertz CT molecular complexity index is 977. The van der Waals surface area contributed by atoms with Crippen molar-refractivity contribution < 1.29 is 9.59 Å². The van der Waals surface area contributed by atoms with E-state index in [1.165, 1.54) is 0 Å². The third-order valence-electron chi connectivity index (χ3n) is 6.77. The molecule has 4 rings (SSSR count). The summed E-state index contributed by atoms with van der Waals surface area (Å²) in [7, 11) is 0. The number of nitrogens with zero attached hydrogens (tertiary/aromatic N) is 2. The van der Waals surface area contributed by atoms with Crippen LogP contribution in [0.15, 0.2) is 42.5 Å². The predicted molar refractivity (Wildman–Crippen MR) is 131 cm³/mol. The molecule has 2 aromatic rings. The van der Waals surface area contributed by atoms with Gasteiger partial charge in [-0.3, -0.25) is 9.59 Å². The molecular weight excluding hydrogens is 422 g/mol. The lowest BCUT2D eigenvalue weighted by Gasteiger charge is -2.35. The van der Waals surface area contributed by atoms with Crippen molar-refractivity contribution in [2.75, 3.05) is 36.4 Å². The van der Waals surface area contributed by atoms with E-state index in [9.17, 15) is 9.59 Å². The van der Waals surface area contributed by atoms with Gasteiger partial charge in [-0.1, -0.05) is 31.5 Å². The number of carbonyl (C=O) groups is 2. The van der Waals surface area contributed by atoms with Gasteiger partial charge in [0.25, 0.3) is 11.8 Å². The van der Waals surface area contributed by atoms with Crippen molar-refractivity contribution in [2.45, 2.75) is 39.5 Å². The minimum atomic E-state index is -0.239. The fourth-order valence-electron chi connectivity index (χ4n) is 4.53. The molecule has 2 heterocycles. The van der Waals surface area contributed by atoms with Gasteiger partial charge in [0, 0.05) is 48.1 Å². The molecule has 2 aromatic carbocycles. The summed E-state index contributed by atoms with van der Waals surface area (Å²) in [6.45, 7) is 8.01. The van der Waals surface area contributed by atoms with E-state index in [1.54, 1.807) is 24.3 Å². The summed E-state index contributed by atoms with van der Waals surface area (Å²) in [5.41, 5.74) is 2.77. The molecule has 0 spiro atoms. The first kappa shape index (κ1) is 22.7. The Hall–Kier alpha value is -2.53. The van der Waals surface area contributed by atoms with Gasteiger partial charge in [-0.05, 0) is 73.9 Å². The second kappa shape index (κ2) is 9.95. The first-order valence-electron chi connectivity index (χ1n) is 11.7. The first-order valence-corrected chi connectivity index (χ1v) is 12.0. The highest BCUT2D eigenvalue weighted by Gasteiger charge is 2.27. The van der Waals surface area contributed by atoms with Gasteiger partial charge in [0.2, 0.25) is 0 Å². The maximum Gasteiger partial charge on any atom is 0.256 e. The lowest BCUT2D eigenvalue weighted by atomic mass is 9.96. The average Bonchev–Trinajstić information content (AvgIpc) is 2.80. The Morgan fingerprint density at radius 3 is 2.22 bits per heavy atom. The second-order valence-electron chi connectivity index (χ2n) is 9.34. The van der Waals surface area contributed by atoms with E-state index in [0.29, 0.717) is 33.7 Å². The van der Waals surface area contributed by atoms with Crippen LogP contribution in [0, 0.1) is 11.8 Å². The third-order valence-corrected chi connectivity index (χ3v) is 7.00. The topological polar surface area (TPSA) is 52.7 Å². The molecule has 32 heavy (non-hydrogen) atoms. The number of anilines is 2. The van der Waals surface area contributed by atoms with Crippen LogP contribution in [0.25, 0.3) is 0 Å². The molecule has 2 amide bonds. The van der Waals surface area contributed by atoms with Gasteiger partial charge >= 0.3 is 0 Å². The van der Waals surface area contributed by atoms with Crippen molar-refractivity contribution >= 4 is 34.8 Å². The van der Waals surface area contributed by atoms with E-state index in [1.807, 2.05) is 23.1 Å². The molecule has 0 bridgehead atoms. The Labute approximate surface area is 195 Å². The molecule has 2 aliphatic rings. The molecule has 1 N–H and O–H groups in total. The normalized spacial score (nSPS) is 18.0. The van der Waals surface area contributed by atoms with Crippen LogP contribution in [0.1, 0.15) is 60.2 Å². The van der Waals surface area contributed by atoms with Crippen LogP contribution < -0.4 is 10.2 Å². The monoisotopic (exact) mass is 453 g/mol. The predicted octanol–water partition coefficient (Wildman–Crippen LogP) is 5.70. The molecule has 0 aliphatic carbocycles. The number of halogens is 1. The number of hydrogen-bond donors (Lipinski definition) is 1. The van der Waals surface area contributed by atoms with Gasteiger partial charge in [0.1, 0.15) is 0 Å². The van der Waals surface area contributed by atoms with E-state index >= 15 is 0 Å². The van der Waals surface area contributed by atoms with Gasteiger partial charge < -0.3 is 15.1 Å². The Balaban J connectivity index is 1.61. The van der Waals surface area contributed by atoms with Crippen LogP contribution in [0.5, 0.6) is 0 Å². The summed E-state index contributed by atoms with van der Waals surface area (Å²) >= 11 is 6.04. The van der Waals surface area contributed by atoms with Gasteiger partial charge in [0.05, 0.1) is 5.56 Å². The molecule has 0 unspecified atom stereocenters. The van der Waals surface area contributed by atoms with Gasteiger partial charge in [0.15, 0.2) is 0 Å². The summed E-state index contributed by atoms with van der Waals surface area (Å²) in [6, 6.07) is 12.6. The molecule has 6 heteroatoms. The molecule has 2 aliphatic heterocycles. The third kappa shape index (κ3) is 5.26. The van der Waals surface area contributed by atoms with Gasteiger partial charge in [-0.25, -0.2) is 0 Å². The molecule has 0 saturated carbocycles. The molecule has 2 saturated heterocycles. The van der Waals surface area contributed by atoms with E-state index in [0.717, 1.165) is 57.5 Å². The van der Waals surface area contributed by atoms with Crippen LogP contribution in [-0.2, 0) is 0 Å². The SMILES string of the molecule is CC1CCN(C(=O)c2cc(NC(=O)c3cccc(Cl)c3)ccc2N2CCC(C)CC2)CC1. The summed E-state index contributed by atoms with van der Waals surface area (Å²) in [5, 5.41) is 3.46. The first-order chi connectivity index (χ1) is 15.4. The number of amides is 2. The maximum atomic E-state index is 13.6. The number of hydrogen-bond acceptors (Lipinski definition) is 3. The van der Waals surface area contributed by atoms with Crippen LogP contribution in [0.2, 0.25) is 5.02 Å². The zero-order valence-electron chi connectivity index (χ0n) is 18.9. The van der Waals surface area contributed by atoms with Crippen molar-refractivity contribution in [3.8, 4) is 0 Å². The van der Waals surface area contributed by atoms with E-state index < -0.39 is 0 Å². The van der Waals surface area contributed by atoms with Gasteiger partial charge in [-0.15, -0.1) is 0 Å².